The summed E-state index contributed by atoms with van der Waals surface area (Å²) in [6, 6.07) is 22.0. The number of rotatable bonds is 9. The Balaban J connectivity index is 1.58. The number of sulfonamides is 1. The summed E-state index contributed by atoms with van der Waals surface area (Å²) in [5.41, 5.74) is 3.93. The largest absolute Gasteiger partial charge is 0.492 e. The third-order valence-corrected chi connectivity index (χ3v) is 6.10. The molecule has 0 unspecified atom stereocenters. The minimum Gasteiger partial charge on any atom is -0.492 e. The summed E-state index contributed by atoms with van der Waals surface area (Å²) in [4.78, 5) is 12.4. The van der Waals surface area contributed by atoms with E-state index >= 15 is 0 Å². The van der Waals surface area contributed by atoms with Gasteiger partial charge in [-0.25, -0.2) is 8.42 Å². The number of benzene rings is 3. The molecule has 0 aliphatic rings. The van der Waals surface area contributed by atoms with E-state index in [9.17, 15) is 13.2 Å². The van der Waals surface area contributed by atoms with Crippen LogP contribution in [0.1, 0.15) is 27.0 Å². The van der Waals surface area contributed by atoms with Gasteiger partial charge in [0.2, 0.25) is 10.0 Å². The van der Waals surface area contributed by atoms with E-state index in [1.54, 1.807) is 30.3 Å². The van der Waals surface area contributed by atoms with E-state index in [2.05, 4.69) is 5.32 Å². The molecule has 0 aliphatic carbocycles. The van der Waals surface area contributed by atoms with Crippen LogP contribution in [0.2, 0.25) is 0 Å². The number of carbonyl (C=O) groups excluding carboxylic acids is 1. The van der Waals surface area contributed by atoms with E-state index in [0.29, 0.717) is 24.4 Å². The van der Waals surface area contributed by atoms with Crippen molar-refractivity contribution in [2.45, 2.75) is 20.4 Å². The molecule has 1 N–H and O–H groups in total. The quantitative estimate of drug-likeness (QED) is 0.497. The first-order valence-corrected chi connectivity index (χ1v) is 12.2. The predicted octanol–water partition coefficient (Wildman–Crippen LogP) is 4.08. The molecule has 0 aliphatic heterocycles. The van der Waals surface area contributed by atoms with Crippen LogP contribution in [-0.4, -0.2) is 33.7 Å². The second-order valence-electron chi connectivity index (χ2n) is 7.67. The van der Waals surface area contributed by atoms with Crippen molar-refractivity contribution in [3.05, 3.63) is 95.1 Å². The molecule has 0 fully saturated rings. The van der Waals surface area contributed by atoms with Gasteiger partial charge in [0.1, 0.15) is 12.4 Å². The Morgan fingerprint density at radius 3 is 2.34 bits per heavy atom. The number of aryl methyl sites for hydroxylation is 2. The summed E-state index contributed by atoms with van der Waals surface area (Å²) >= 11 is 0. The van der Waals surface area contributed by atoms with Gasteiger partial charge in [-0.15, -0.1) is 0 Å². The van der Waals surface area contributed by atoms with Crippen LogP contribution in [0.15, 0.2) is 72.8 Å². The number of carbonyl (C=O) groups is 1. The molecule has 0 atom stereocenters. The molecule has 0 radical (unpaired) electrons. The van der Waals surface area contributed by atoms with Crippen molar-refractivity contribution < 1.29 is 17.9 Å². The maximum Gasteiger partial charge on any atom is 0.251 e. The molecule has 3 aromatic rings. The van der Waals surface area contributed by atoms with E-state index in [1.807, 2.05) is 56.3 Å². The fraction of sp³-hybridized carbons (Fsp3) is 0.240. The molecule has 0 spiro atoms. The molecule has 0 heterocycles. The van der Waals surface area contributed by atoms with E-state index < -0.39 is 10.0 Å². The van der Waals surface area contributed by atoms with E-state index in [0.717, 1.165) is 22.4 Å². The van der Waals surface area contributed by atoms with Gasteiger partial charge in [0.15, 0.2) is 0 Å². The fourth-order valence-corrected chi connectivity index (χ4v) is 4.24. The van der Waals surface area contributed by atoms with Crippen molar-refractivity contribution in [3.8, 4) is 5.75 Å². The predicted molar refractivity (Wildman–Crippen MR) is 128 cm³/mol. The van der Waals surface area contributed by atoms with Crippen molar-refractivity contribution >= 4 is 21.6 Å². The highest BCUT2D eigenvalue weighted by Gasteiger charge is 2.19. The molecular formula is C25H28N2O4S. The minimum absolute atomic E-state index is 0.190. The van der Waals surface area contributed by atoms with Crippen molar-refractivity contribution in [3.63, 3.8) is 0 Å². The highest BCUT2D eigenvalue weighted by Crippen LogP contribution is 2.24. The molecule has 32 heavy (non-hydrogen) atoms. The van der Waals surface area contributed by atoms with Gasteiger partial charge in [0, 0.05) is 5.56 Å². The lowest BCUT2D eigenvalue weighted by atomic mass is 10.1. The molecule has 0 aromatic heterocycles. The Bertz CT molecular complexity index is 1170. The first kappa shape index (κ1) is 23.3. The maximum atomic E-state index is 12.4. The topological polar surface area (TPSA) is 75.7 Å². The number of para-hydroxylation sites is 1. The Morgan fingerprint density at radius 1 is 0.969 bits per heavy atom. The normalized spacial score (nSPS) is 11.1. The third kappa shape index (κ3) is 6.34. The van der Waals surface area contributed by atoms with Crippen LogP contribution < -0.4 is 14.4 Å². The molecule has 3 aromatic carbocycles. The number of hydrogen-bond donors (Lipinski definition) is 1. The standard InChI is InChI=1S/C25H28N2O4S/c1-19-7-6-9-23(17-19)31-16-15-26-25(28)22-13-11-21(12-14-22)18-27(32(3,29)30)24-10-5-4-8-20(24)2/h4-14,17H,15-16,18H2,1-3H3,(H,26,28). The average molecular weight is 453 g/mol. The zero-order valence-corrected chi connectivity index (χ0v) is 19.4. The van der Waals surface area contributed by atoms with Gasteiger partial charge in [-0.1, -0.05) is 42.5 Å². The van der Waals surface area contributed by atoms with Crippen LogP contribution in [0.4, 0.5) is 5.69 Å². The van der Waals surface area contributed by atoms with Crippen LogP contribution in [0.5, 0.6) is 5.75 Å². The number of nitrogens with one attached hydrogen (secondary N) is 1. The van der Waals surface area contributed by atoms with Gasteiger partial charge >= 0.3 is 0 Å². The molecule has 1 amide bonds. The first-order valence-electron chi connectivity index (χ1n) is 10.3. The highest BCUT2D eigenvalue weighted by atomic mass is 32.2. The fourth-order valence-electron chi connectivity index (χ4n) is 3.29. The lowest BCUT2D eigenvalue weighted by Crippen LogP contribution is -2.30. The summed E-state index contributed by atoms with van der Waals surface area (Å²) in [6.07, 6.45) is 1.19. The highest BCUT2D eigenvalue weighted by molar-refractivity contribution is 7.92. The molecule has 168 valence electrons. The minimum atomic E-state index is -3.47. The average Bonchev–Trinajstić information content (AvgIpc) is 2.75. The lowest BCUT2D eigenvalue weighted by Gasteiger charge is -2.24. The molecule has 0 saturated carbocycles. The molecule has 7 heteroatoms. The Hall–Kier alpha value is -3.32. The van der Waals surface area contributed by atoms with Crippen LogP contribution in [0.3, 0.4) is 0 Å². The number of nitrogens with zero attached hydrogens (tertiary/aromatic N) is 1. The van der Waals surface area contributed by atoms with Gasteiger partial charge in [-0.2, -0.15) is 0 Å². The zero-order chi connectivity index (χ0) is 23.1. The molecule has 0 bridgehead atoms. The second-order valence-corrected chi connectivity index (χ2v) is 9.58. The summed E-state index contributed by atoms with van der Waals surface area (Å²) in [5.74, 6) is 0.566. The summed E-state index contributed by atoms with van der Waals surface area (Å²) < 4.78 is 31.8. The van der Waals surface area contributed by atoms with E-state index in [4.69, 9.17) is 4.74 Å². The number of ether oxygens (including phenoxy) is 1. The third-order valence-electron chi connectivity index (χ3n) is 4.97. The Morgan fingerprint density at radius 2 is 1.69 bits per heavy atom. The molecule has 3 rings (SSSR count). The first-order chi connectivity index (χ1) is 15.2. The van der Waals surface area contributed by atoms with Gasteiger partial charge in [0.25, 0.3) is 5.91 Å². The van der Waals surface area contributed by atoms with Gasteiger partial charge in [-0.3, -0.25) is 9.10 Å². The van der Waals surface area contributed by atoms with Crippen LogP contribution in [0.25, 0.3) is 0 Å². The molecular weight excluding hydrogens is 424 g/mol. The lowest BCUT2D eigenvalue weighted by molar-refractivity contribution is 0.0947. The Kier molecular flexibility index (Phi) is 7.53. The monoisotopic (exact) mass is 452 g/mol. The maximum absolute atomic E-state index is 12.4. The van der Waals surface area contributed by atoms with Gasteiger partial charge < -0.3 is 10.1 Å². The number of anilines is 1. The number of amides is 1. The SMILES string of the molecule is Cc1cccc(OCCNC(=O)c2ccc(CN(c3ccccc3C)S(C)(=O)=O)cc2)c1. The zero-order valence-electron chi connectivity index (χ0n) is 18.5. The molecule has 6 nitrogen and oxygen atoms in total. The van der Waals surface area contributed by atoms with E-state index in [1.165, 1.54) is 10.6 Å². The van der Waals surface area contributed by atoms with Gasteiger partial charge in [-0.05, 0) is 60.9 Å². The van der Waals surface area contributed by atoms with Crippen LogP contribution >= 0.6 is 0 Å². The van der Waals surface area contributed by atoms with Crippen molar-refractivity contribution in [2.24, 2.45) is 0 Å². The van der Waals surface area contributed by atoms with E-state index in [-0.39, 0.29) is 12.5 Å². The summed E-state index contributed by atoms with van der Waals surface area (Å²) in [5, 5.41) is 2.83. The van der Waals surface area contributed by atoms with Crippen LogP contribution in [0, 0.1) is 13.8 Å². The number of hydrogen-bond acceptors (Lipinski definition) is 4. The van der Waals surface area contributed by atoms with Gasteiger partial charge in [0.05, 0.1) is 25.0 Å². The summed E-state index contributed by atoms with van der Waals surface area (Å²) in [7, 11) is -3.47. The Labute approximate surface area is 189 Å². The van der Waals surface area contributed by atoms with Crippen molar-refractivity contribution in [2.75, 3.05) is 23.7 Å². The van der Waals surface area contributed by atoms with Crippen molar-refractivity contribution in [1.82, 2.24) is 5.32 Å². The van der Waals surface area contributed by atoms with Crippen molar-refractivity contribution in [1.29, 1.82) is 0 Å². The smallest absolute Gasteiger partial charge is 0.251 e. The second kappa shape index (κ2) is 10.3. The van der Waals surface area contributed by atoms with Crippen LogP contribution in [-0.2, 0) is 16.6 Å². The summed E-state index contributed by atoms with van der Waals surface area (Å²) in [6.45, 7) is 4.81. The molecule has 0 saturated heterocycles.